The zero-order valence-electron chi connectivity index (χ0n) is 12.1. The molecule has 1 saturated heterocycles. The number of hydrogen-bond acceptors (Lipinski definition) is 3. The molecule has 2 atom stereocenters. The average molecular weight is 257 g/mol. The summed E-state index contributed by atoms with van der Waals surface area (Å²) in [5, 5.41) is 9.71. The predicted molar refractivity (Wildman–Crippen MR) is 71.3 cm³/mol. The number of nitrogens with zero attached hydrogens (tertiary/aromatic N) is 1. The van der Waals surface area contributed by atoms with Crippen LogP contribution in [0.2, 0.25) is 0 Å². The molecule has 0 aromatic rings. The van der Waals surface area contributed by atoms with Gasteiger partial charge in [-0.1, -0.05) is 13.8 Å². The topological polar surface area (TPSA) is 49.8 Å². The van der Waals surface area contributed by atoms with Crippen LogP contribution in [0.25, 0.3) is 0 Å². The lowest BCUT2D eigenvalue weighted by atomic mass is 10.1. The molecular formula is C14H27NO3. The number of carbonyl (C=O) groups is 1. The second-order valence-electron chi connectivity index (χ2n) is 5.90. The van der Waals surface area contributed by atoms with Crippen LogP contribution in [-0.4, -0.2) is 47.3 Å². The predicted octanol–water partition coefficient (Wildman–Crippen LogP) is 1.81. The molecule has 0 saturated carbocycles. The number of likely N-dealkylation sites (tertiary alicyclic amines) is 1. The average Bonchev–Trinajstić information content (AvgIpc) is 2.64. The number of amides is 1. The maximum absolute atomic E-state index is 12.1. The number of β-amino-alcohol motifs (C(OH)–C–C–N with tert-alkyl or cyclic N) is 1. The van der Waals surface area contributed by atoms with Crippen LogP contribution in [0.3, 0.4) is 0 Å². The molecule has 1 heterocycles. The number of aliphatic hydroxyl groups is 1. The van der Waals surface area contributed by atoms with E-state index >= 15 is 0 Å². The fraction of sp³-hybridized carbons (Fsp3) is 0.929. The molecule has 0 unspecified atom stereocenters. The standard InChI is InChI=1S/C14H27NO3/c1-10(2)5-6-14(17)15-8-13(16)7-12(15)9-18-11(3)4/h10-13,16H,5-9H2,1-4H3/t12-,13+/m0/s1. The van der Waals surface area contributed by atoms with Crippen molar-refractivity contribution >= 4 is 5.91 Å². The summed E-state index contributed by atoms with van der Waals surface area (Å²) in [4.78, 5) is 13.9. The Morgan fingerprint density at radius 1 is 1.39 bits per heavy atom. The quantitative estimate of drug-likeness (QED) is 0.789. The van der Waals surface area contributed by atoms with Crippen molar-refractivity contribution in [2.75, 3.05) is 13.2 Å². The molecule has 1 rings (SSSR count). The van der Waals surface area contributed by atoms with Crippen LogP contribution < -0.4 is 0 Å². The molecule has 0 spiro atoms. The van der Waals surface area contributed by atoms with Crippen LogP contribution >= 0.6 is 0 Å². The van der Waals surface area contributed by atoms with Gasteiger partial charge in [-0.2, -0.15) is 0 Å². The molecule has 0 aliphatic carbocycles. The van der Waals surface area contributed by atoms with Crippen molar-refractivity contribution in [3.8, 4) is 0 Å². The molecule has 1 fully saturated rings. The first-order valence-electron chi connectivity index (χ1n) is 6.99. The van der Waals surface area contributed by atoms with Crippen molar-refractivity contribution in [3.63, 3.8) is 0 Å². The Balaban J connectivity index is 2.47. The second-order valence-corrected chi connectivity index (χ2v) is 5.90. The van der Waals surface area contributed by atoms with E-state index in [0.29, 0.717) is 31.9 Å². The van der Waals surface area contributed by atoms with Gasteiger partial charge in [-0.15, -0.1) is 0 Å². The van der Waals surface area contributed by atoms with Gasteiger partial charge in [0.15, 0.2) is 0 Å². The zero-order chi connectivity index (χ0) is 13.7. The first kappa shape index (κ1) is 15.4. The van der Waals surface area contributed by atoms with Crippen LogP contribution in [0, 0.1) is 5.92 Å². The Bertz CT molecular complexity index is 266. The summed E-state index contributed by atoms with van der Waals surface area (Å²) < 4.78 is 5.58. The van der Waals surface area contributed by atoms with Gasteiger partial charge in [0.25, 0.3) is 0 Å². The summed E-state index contributed by atoms with van der Waals surface area (Å²) in [6.45, 7) is 9.19. The number of rotatable bonds is 6. The van der Waals surface area contributed by atoms with Crippen LogP contribution in [0.4, 0.5) is 0 Å². The highest BCUT2D eigenvalue weighted by Crippen LogP contribution is 2.20. The van der Waals surface area contributed by atoms with E-state index in [1.165, 1.54) is 0 Å². The summed E-state index contributed by atoms with van der Waals surface area (Å²) in [6, 6.07) is 0.0436. The van der Waals surface area contributed by atoms with Gasteiger partial charge < -0.3 is 14.7 Å². The molecule has 1 aliphatic heterocycles. The summed E-state index contributed by atoms with van der Waals surface area (Å²) in [5.74, 6) is 0.685. The Kier molecular flexibility index (Phi) is 6.09. The second kappa shape index (κ2) is 7.10. The molecule has 18 heavy (non-hydrogen) atoms. The molecule has 1 aliphatic rings. The van der Waals surface area contributed by atoms with E-state index in [0.717, 1.165) is 6.42 Å². The Hall–Kier alpha value is -0.610. The van der Waals surface area contributed by atoms with Crippen molar-refractivity contribution in [1.82, 2.24) is 4.90 Å². The highest BCUT2D eigenvalue weighted by atomic mass is 16.5. The van der Waals surface area contributed by atoms with Crippen molar-refractivity contribution in [1.29, 1.82) is 0 Å². The van der Waals surface area contributed by atoms with Gasteiger partial charge in [0.05, 0.1) is 24.9 Å². The minimum atomic E-state index is -0.395. The minimum absolute atomic E-state index is 0.0436. The Morgan fingerprint density at radius 3 is 2.61 bits per heavy atom. The van der Waals surface area contributed by atoms with Gasteiger partial charge in [-0.25, -0.2) is 0 Å². The summed E-state index contributed by atoms with van der Waals surface area (Å²) >= 11 is 0. The number of carbonyl (C=O) groups excluding carboxylic acids is 1. The fourth-order valence-electron chi connectivity index (χ4n) is 2.21. The first-order valence-corrected chi connectivity index (χ1v) is 6.99. The number of aliphatic hydroxyl groups excluding tert-OH is 1. The lowest BCUT2D eigenvalue weighted by Crippen LogP contribution is -2.39. The molecule has 0 aromatic carbocycles. The van der Waals surface area contributed by atoms with Gasteiger partial charge in [0.2, 0.25) is 5.91 Å². The normalized spacial score (nSPS) is 24.3. The van der Waals surface area contributed by atoms with Crippen LogP contribution in [0.15, 0.2) is 0 Å². The van der Waals surface area contributed by atoms with Gasteiger partial charge in [0, 0.05) is 13.0 Å². The number of ether oxygens (including phenoxy) is 1. The summed E-state index contributed by atoms with van der Waals surface area (Å²) in [6.07, 6.45) is 1.88. The molecule has 0 aromatic heterocycles. The van der Waals surface area contributed by atoms with Crippen molar-refractivity contribution in [2.24, 2.45) is 5.92 Å². The Labute approximate surface area is 110 Å². The highest BCUT2D eigenvalue weighted by Gasteiger charge is 2.34. The highest BCUT2D eigenvalue weighted by molar-refractivity contribution is 5.77. The smallest absolute Gasteiger partial charge is 0.222 e. The Morgan fingerprint density at radius 2 is 2.06 bits per heavy atom. The summed E-state index contributed by atoms with van der Waals surface area (Å²) in [5.41, 5.74) is 0. The third-order valence-corrected chi connectivity index (χ3v) is 3.27. The van der Waals surface area contributed by atoms with Gasteiger partial charge >= 0.3 is 0 Å². The zero-order valence-corrected chi connectivity index (χ0v) is 12.1. The van der Waals surface area contributed by atoms with Crippen LogP contribution in [0.5, 0.6) is 0 Å². The molecular weight excluding hydrogens is 230 g/mol. The molecule has 1 N–H and O–H groups in total. The third-order valence-electron chi connectivity index (χ3n) is 3.27. The molecule has 4 heteroatoms. The largest absolute Gasteiger partial charge is 0.391 e. The van der Waals surface area contributed by atoms with Crippen molar-refractivity contribution in [3.05, 3.63) is 0 Å². The van der Waals surface area contributed by atoms with E-state index in [1.807, 2.05) is 13.8 Å². The monoisotopic (exact) mass is 257 g/mol. The fourth-order valence-corrected chi connectivity index (χ4v) is 2.21. The molecule has 106 valence electrons. The molecule has 0 radical (unpaired) electrons. The minimum Gasteiger partial charge on any atom is -0.391 e. The summed E-state index contributed by atoms with van der Waals surface area (Å²) in [7, 11) is 0. The van der Waals surface area contributed by atoms with Crippen LogP contribution in [0.1, 0.15) is 47.0 Å². The van der Waals surface area contributed by atoms with Crippen molar-refractivity contribution < 1.29 is 14.6 Å². The number of hydrogen-bond donors (Lipinski definition) is 1. The SMILES string of the molecule is CC(C)CCC(=O)N1C[C@H](O)C[C@H]1COC(C)C. The van der Waals surface area contributed by atoms with Crippen LogP contribution in [-0.2, 0) is 9.53 Å². The van der Waals surface area contributed by atoms with Gasteiger partial charge in [-0.3, -0.25) is 4.79 Å². The first-order chi connectivity index (χ1) is 8.40. The van der Waals surface area contributed by atoms with E-state index in [9.17, 15) is 9.90 Å². The molecule has 4 nitrogen and oxygen atoms in total. The van der Waals surface area contributed by atoms with Gasteiger partial charge in [0.1, 0.15) is 0 Å². The molecule has 0 bridgehead atoms. The van der Waals surface area contributed by atoms with E-state index in [2.05, 4.69) is 13.8 Å². The maximum atomic E-state index is 12.1. The van der Waals surface area contributed by atoms with E-state index in [1.54, 1.807) is 4.90 Å². The van der Waals surface area contributed by atoms with E-state index < -0.39 is 6.10 Å². The van der Waals surface area contributed by atoms with Crippen molar-refractivity contribution in [2.45, 2.75) is 65.2 Å². The van der Waals surface area contributed by atoms with Gasteiger partial charge in [-0.05, 0) is 32.6 Å². The third kappa shape index (κ3) is 4.94. The lowest BCUT2D eigenvalue weighted by Gasteiger charge is -2.25. The maximum Gasteiger partial charge on any atom is 0.222 e. The van der Waals surface area contributed by atoms with E-state index in [-0.39, 0.29) is 18.1 Å². The molecule has 1 amide bonds. The van der Waals surface area contributed by atoms with E-state index in [4.69, 9.17) is 4.74 Å². The lowest BCUT2D eigenvalue weighted by molar-refractivity contribution is -0.134.